The minimum absolute atomic E-state index is 0.112. The van der Waals surface area contributed by atoms with Crippen LogP contribution < -0.4 is 10.1 Å². The van der Waals surface area contributed by atoms with Crippen molar-refractivity contribution in [3.63, 3.8) is 0 Å². The second kappa shape index (κ2) is 8.28. The van der Waals surface area contributed by atoms with E-state index in [1.165, 1.54) is 23.6 Å². The lowest BCUT2D eigenvalue weighted by atomic mass is 9.94. The summed E-state index contributed by atoms with van der Waals surface area (Å²) in [5.41, 5.74) is 1.03. The molecule has 1 aromatic carbocycles. The highest BCUT2D eigenvalue weighted by Gasteiger charge is 2.31. The van der Waals surface area contributed by atoms with E-state index in [2.05, 4.69) is 15.3 Å². The van der Waals surface area contributed by atoms with Gasteiger partial charge in [-0.25, -0.2) is 14.2 Å². The Morgan fingerprint density at radius 1 is 1.29 bits per heavy atom. The maximum absolute atomic E-state index is 14.4. The van der Waals surface area contributed by atoms with E-state index >= 15 is 0 Å². The van der Waals surface area contributed by atoms with Crippen molar-refractivity contribution in [3.05, 3.63) is 46.9 Å². The zero-order valence-electron chi connectivity index (χ0n) is 14.7. The molecule has 1 aliphatic rings. The minimum atomic E-state index is -0.585. The Morgan fingerprint density at radius 2 is 2.11 bits per heavy atom. The van der Waals surface area contributed by atoms with Gasteiger partial charge in [0.05, 0.1) is 22.1 Å². The molecule has 4 rings (SSSR count). The van der Waals surface area contributed by atoms with Gasteiger partial charge < -0.3 is 9.47 Å². The largest absolute Gasteiger partial charge is 0.483 e. The Balaban J connectivity index is 1.46. The van der Waals surface area contributed by atoms with E-state index in [0.29, 0.717) is 28.5 Å². The average molecular weight is 422 g/mol. The second-order valence-electron chi connectivity index (χ2n) is 6.47. The van der Waals surface area contributed by atoms with Gasteiger partial charge in [0.2, 0.25) is 0 Å². The van der Waals surface area contributed by atoms with Crippen molar-refractivity contribution in [2.45, 2.75) is 37.9 Å². The smallest absolute Gasteiger partial charge is 0.412 e. The predicted molar refractivity (Wildman–Crippen MR) is 106 cm³/mol. The van der Waals surface area contributed by atoms with Gasteiger partial charge in [0, 0.05) is 18.3 Å². The fourth-order valence-corrected chi connectivity index (χ4v) is 4.25. The molecule has 0 spiro atoms. The number of hydrogen-bond acceptors (Lipinski definition) is 6. The third-order valence-electron chi connectivity index (χ3n) is 4.50. The number of anilines is 1. The lowest BCUT2D eigenvalue weighted by molar-refractivity contribution is -0.00440. The summed E-state index contributed by atoms with van der Waals surface area (Å²) in [5, 5.41) is 2.64. The van der Waals surface area contributed by atoms with Crippen LogP contribution >= 0.6 is 22.9 Å². The van der Waals surface area contributed by atoms with Crippen LogP contribution in [0.25, 0.3) is 10.2 Å². The third-order valence-corrected chi connectivity index (χ3v) is 5.63. The first-order valence-corrected chi connectivity index (χ1v) is 10.1. The van der Waals surface area contributed by atoms with Gasteiger partial charge in [0.1, 0.15) is 12.2 Å². The molecule has 2 atom stereocenters. The van der Waals surface area contributed by atoms with Crippen LogP contribution in [-0.2, 0) is 4.74 Å². The van der Waals surface area contributed by atoms with E-state index in [-0.39, 0.29) is 5.75 Å². The van der Waals surface area contributed by atoms with Crippen LogP contribution in [0, 0.1) is 5.82 Å². The van der Waals surface area contributed by atoms with Gasteiger partial charge in [-0.1, -0.05) is 11.6 Å². The molecule has 28 heavy (non-hydrogen) atoms. The number of nitrogens with one attached hydrogen (secondary N) is 1. The Morgan fingerprint density at radius 3 is 2.89 bits per heavy atom. The van der Waals surface area contributed by atoms with Crippen LogP contribution in [0.4, 0.5) is 14.9 Å². The summed E-state index contributed by atoms with van der Waals surface area (Å²) in [6.07, 6.45) is 4.83. The lowest BCUT2D eigenvalue weighted by Crippen LogP contribution is -2.39. The molecule has 2 aromatic heterocycles. The summed E-state index contributed by atoms with van der Waals surface area (Å²) in [7, 11) is 0. The molecular formula is C19H17ClFN3O3S. The van der Waals surface area contributed by atoms with Crippen molar-refractivity contribution >= 4 is 44.9 Å². The summed E-state index contributed by atoms with van der Waals surface area (Å²) < 4.78 is 27.0. The van der Waals surface area contributed by atoms with E-state index in [4.69, 9.17) is 21.1 Å². The van der Waals surface area contributed by atoms with Crippen LogP contribution in [0.5, 0.6) is 5.75 Å². The van der Waals surface area contributed by atoms with Gasteiger partial charge in [-0.2, -0.15) is 0 Å². The Kier molecular flexibility index (Phi) is 5.59. The van der Waals surface area contributed by atoms with Gasteiger partial charge in [0.15, 0.2) is 16.0 Å². The Hall–Kier alpha value is -2.45. The van der Waals surface area contributed by atoms with Crippen LogP contribution in [0.2, 0.25) is 4.47 Å². The second-order valence-corrected chi connectivity index (χ2v) is 8.08. The molecule has 0 bridgehead atoms. The average Bonchev–Trinajstić information content (AvgIpc) is 3.03. The van der Waals surface area contributed by atoms with Crippen molar-refractivity contribution in [1.82, 2.24) is 9.97 Å². The normalized spacial score (nSPS) is 19.4. The monoisotopic (exact) mass is 421 g/mol. The molecule has 1 amide bonds. The van der Waals surface area contributed by atoms with Gasteiger partial charge >= 0.3 is 6.09 Å². The van der Waals surface area contributed by atoms with E-state index in [1.807, 2.05) is 0 Å². The molecule has 0 saturated heterocycles. The van der Waals surface area contributed by atoms with E-state index in [1.54, 1.807) is 24.4 Å². The van der Waals surface area contributed by atoms with E-state index < -0.39 is 24.1 Å². The van der Waals surface area contributed by atoms with Gasteiger partial charge in [-0.05, 0) is 37.8 Å². The number of halogens is 2. The zero-order valence-corrected chi connectivity index (χ0v) is 16.3. The van der Waals surface area contributed by atoms with Crippen molar-refractivity contribution in [2.24, 2.45) is 0 Å². The summed E-state index contributed by atoms with van der Waals surface area (Å²) in [6, 6.07) is 6.33. The molecule has 146 valence electrons. The number of fused-ring (bicyclic) bond motifs is 1. The topological polar surface area (TPSA) is 73.3 Å². The number of rotatable bonds is 4. The van der Waals surface area contributed by atoms with Crippen molar-refractivity contribution in [2.75, 3.05) is 5.32 Å². The lowest BCUT2D eigenvalue weighted by Gasteiger charge is -2.31. The van der Waals surface area contributed by atoms with Crippen molar-refractivity contribution in [1.29, 1.82) is 0 Å². The molecule has 9 heteroatoms. The molecule has 1 saturated carbocycles. The number of benzene rings is 1. The van der Waals surface area contributed by atoms with Crippen molar-refractivity contribution < 1.29 is 18.7 Å². The number of carbonyl (C=O) groups is 1. The quantitative estimate of drug-likeness (QED) is 0.608. The maximum atomic E-state index is 14.4. The van der Waals surface area contributed by atoms with Gasteiger partial charge in [-0.15, -0.1) is 11.3 Å². The number of amides is 1. The maximum Gasteiger partial charge on any atom is 0.412 e. The standard InChI is InChI=1S/C19H17ClFN3O3S/c20-18-24-13-8-12(21)16(9-17(13)28-18)26-14-5-1-2-6-15(14)27-19(25)23-11-4-3-7-22-10-11/h3-4,7-10,14-15H,1-2,5-6H2,(H,23,25). The predicted octanol–water partition coefficient (Wildman–Crippen LogP) is 5.42. The molecule has 0 radical (unpaired) electrons. The highest BCUT2D eigenvalue weighted by molar-refractivity contribution is 7.22. The summed E-state index contributed by atoms with van der Waals surface area (Å²) >= 11 is 7.16. The molecule has 2 unspecified atom stereocenters. The third kappa shape index (κ3) is 4.34. The molecule has 1 aliphatic carbocycles. The molecule has 1 N–H and O–H groups in total. The van der Waals surface area contributed by atoms with E-state index in [0.717, 1.165) is 17.5 Å². The summed E-state index contributed by atoms with van der Waals surface area (Å²) in [6.45, 7) is 0. The zero-order chi connectivity index (χ0) is 19.5. The first-order chi connectivity index (χ1) is 13.6. The first-order valence-electron chi connectivity index (χ1n) is 8.88. The number of aromatic nitrogens is 2. The summed E-state index contributed by atoms with van der Waals surface area (Å²) in [4.78, 5) is 20.2. The number of pyridine rings is 1. The number of hydrogen-bond donors (Lipinski definition) is 1. The molecule has 3 aromatic rings. The van der Waals surface area contributed by atoms with Crippen LogP contribution in [-0.4, -0.2) is 28.3 Å². The Bertz CT molecular complexity index is 985. The highest BCUT2D eigenvalue weighted by Crippen LogP contribution is 2.33. The molecule has 2 heterocycles. The fraction of sp³-hybridized carbons (Fsp3) is 0.316. The molecular weight excluding hydrogens is 405 g/mol. The van der Waals surface area contributed by atoms with Crippen molar-refractivity contribution in [3.8, 4) is 5.75 Å². The SMILES string of the molecule is O=C(Nc1cccnc1)OC1CCCCC1Oc1cc2sc(Cl)nc2cc1F. The Labute approximate surface area is 169 Å². The molecule has 6 nitrogen and oxygen atoms in total. The van der Waals surface area contributed by atoms with Crippen LogP contribution in [0.15, 0.2) is 36.7 Å². The molecule has 1 fully saturated rings. The highest BCUT2D eigenvalue weighted by atomic mass is 35.5. The number of thiazole rings is 1. The molecule has 0 aliphatic heterocycles. The minimum Gasteiger partial charge on any atom is -0.483 e. The number of nitrogens with zero attached hydrogens (tertiary/aromatic N) is 2. The van der Waals surface area contributed by atoms with Crippen LogP contribution in [0.3, 0.4) is 0 Å². The van der Waals surface area contributed by atoms with Crippen LogP contribution in [0.1, 0.15) is 25.7 Å². The summed E-state index contributed by atoms with van der Waals surface area (Å²) in [5.74, 6) is -0.403. The first kappa shape index (κ1) is 18.9. The number of ether oxygens (including phenoxy) is 2. The van der Waals surface area contributed by atoms with Gasteiger partial charge in [0.25, 0.3) is 0 Å². The fourth-order valence-electron chi connectivity index (χ4n) is 3.21. The van der Waals surface area contributed by atoms with Gasteiger partial charge in [-0.3, -0.25) is 10.3 Å². The number of carbonyl (C=O) groups excluding carboxylic acids is 1. The van der Waals surface area contributed by atoms with E-state index in [9.17, 15) is 9.18 Å².